The van der Waals surface area contributed by atoms with E-state index < -0.39 is 0 Å². The van der Waals surface area contributed by atoms with Crippen molar-refractivity contribution in [1.82, 2.24) is 19.8 Å². The van der Waals surface area contributed by atoms with Gasteiger partial charge in [-0.25, -0.2) is 14.5 Å². The van der Waals surface area contributed by atoms with E-state index in [1.165, 1.54) is 12.1 Å². The van der Waals surface area contributed by atoms with Crippen LogP contribution in [0.1, 0.15) is 42.4 Å². The molecular weight excluding hydrogens is 357 g/mol. The van der Waals surface area contributed by atoms with Gasteiger partial charge in [-0.3, -0.25) is 4.79 Å². The summed E-state index contributed by atoms with van der Waals surface area (Å²) in [6.07, 6.45) is 3.57. The van der Waals surface area contributed by atoms with Gasteiger partial charge in [0.05, 0.1) is 18.8 Å². The van der Waals surface area contributed by atoms with Gasteiger partial charge in [0.1, 0.15) is 11.6 Å². The molecule has 0 saturated heterocycles. The SMILES string of the molecule is Cc1cc(/C=N\NC(=O)Cc2ccc(F)cc2)c(C)n1-c1ccnn1C(C)C. The van der Waals surface area contributed by atoms with Crippen LogP contribution in [0.3, 0.4) is 0 Å². The lowest BCUT2D eigenvalue weighted by atomic mass is 10.1. The summed E-state index contributed by atoms with van der Waals surface area (Å²) in [4.78, 5) is 12.0. The minimum atomic E-state index is -0.323. The number of hydrazone groups is 1. The van der Waals surface area contributed by atoms with Gasteiger partial charge in [-0.15, -0.1) is 0 Å². The molecule has 0 fully saturated rings. The van der Waals surface area contributed by atoms with Crippen molar-refractivity contribution in [3.05, 3.63) is 70.9 Å². The van der Waals surface area contributed by atoms with E-state index in [2.05, 4.69) is 34.0 Å². The first kappa shape index (κ1) is 19.5. The predicted octanol–water partition coefficient (Wildman–Crippen LogP) is 3.70. The lowest BCUT2D eigenvalue weighted by Crippen LogP contribution is -2.19. The molecule has 6 nitrogen and oxygen atoms in total. The lowest BCUT2D eigenvalue weighted by molar-refractivity contribution is -0.120. The maximum atomic E-state index is 12.9. The predicted molar refractivity (Wildman–Crippen MR) is 107 cm³/mol. The van der Waals surface area contributed by atoms with E-state index in [9.17, 15) is 9.18 Å². The molecule has 146 valence electrons. The molecule has 0 radical (unpaired) electrons. The van der Waals surface area contributed by atoms with E-state index in [1.807, 2.05) is 30.7 Å². The van der Waals surface area contributed by atoms with Crippen LogP contribution in [0, 0.1) is 19.7 Å². The van der Waals surface area contributed by atoms with Gasteiger partial charge in [-0.1, -0.05) is 12.1 Å². The maximum absolute atomic E-state index is 12.9. The third-order valence-electron chi connectivity index (χ3n) is 4.51. The van der Waals surface area contributed by atoms with Crippen LogP contribution in [0.15, 0.2) is 47.7 Å². The van der Waals surface area contributed by atoms with E-state index in [-0.39, 0.29) is 24.2 Å². The highest BCUT2D eigenvalue weighted by molar-refractivity contribution is 5.84. The summed E-state index contributed by atoms with van der Waals surface area (Å²) in [6.45, 7) is 8.20. The van der Waals surface area contributed by atoms with E-state index in [1.54, 1.807) is 24.5 Å². The number of benzene rings is 1. The third-order valence-corrected chi connectivity index (χ3v) is 4.51. The Balaban J connectivity index is 1.72. The van der Waals surface area contributed by atoms with Gasteiger partial charge in [0.15, 0.2) is 0 Å². The quantitative estimate of drug-likeness (QED) is 0.523. The average Bonchev–Trinajstić information content (AvgIpc) is 3.22. The number of hydrogen-bond acceptors (Lipinski definition) is 3. The first-order valence-electron chi connectivity index (χ1n) is 9.16. The standard InChI is InChI=1S/C21H24FN5O/c1-14(2)27-21(9-10-24-27)26-15(3)11-18(16(26)4)13-23-25-20(28)12-17-5-7-19(22)8-6-17/h5-11,13-14H,12H2,1-4H3,(H,25,28)/b23-13-. The largest absolute Gasteiger partial charge is 0.303 e. The van der Waals surface area contributed by atoms with Gasteiger partial charge in [-0.2, -0.15) is 10.2 Å². The molecule has 0 spiro atoms. The number of amides is 1. The van der Waals surface area contributed by atoms with Crippen LogP contribution < -0.4 is 5.43 Å². The van der Waals surface area contributed by atoms with E-state index in [0.717, 1.165) is 28.3 Å². The molecule has 3 aromatic rings. The second kappa shape index (κ2) is 8.21. The highest BCUT2D eigenvalue weighted by atomic mass is 19.1. The average molecular weight is 381 g/mol. The topological polar surface area (TPSA) is 64.2 Å². The fraction of sp³-hybridized carbons (Fsp3) is 0.286. The maximum Gasteiger partial charge on any atom is 0.244 e. The zero-order valence-corrected chi connectivity index (χ0v) is 16.5. The number of aryl methyl sites for hydroxylation is 1. The first-order chi connectivity index (χ1) is 13.4. The molecule has 0 saturated carbocycles. The minimum Gasteiger partial charge on any atom is -0.303 e. The molecule has 0 aliphatic carbocycles. The number of aromatic nitrogens is 3. The molecule has 1 amide bonds. The van der Waals surface area contributed by atoms with Crippen molar-refractivity contribution in [2.75, 3.05) is 0 Å². The number of rotatable bonds is 6. The normalized spacial score (nSPS) is 11.5. The number of carbonyl (C=O) groups is 1. The van der Waals surface area contributed by atoms with E-state index in [4.69, 9.17) is 0 Å². The van der Waals surface area contributed by atoms with Gasteiger partial charge in [-0.05, 0) is 51.5 Å². The molecular formula is C21H24FN5O. The Labute approximate surface area is 163 Å². The van der Waals surface area contributed by atoms with Crippen LogP contribution >= 0.6 is 0 Å². The summed E-state index contributed by atoms with van der Waals surface area (Å²) in [5.41, 5.74) is 6.23. The van der Waals surface area contributed by atoms with Gasteiger partial charge in [0, 0.05) is 29.1 Å². The van der Waals surface area contributed by atoms with Crippen molar-refractivity contribution in [2.45, 2.75) is 40.2 Å². The Hall–Kier alpha value is -3.22. The van der Waals surface area contributed by atoms with Crippen molar-refractivity contribution in [1.29, 1.82) is 0 Å². The zero-order valence-electron chi connectivity index (χ0n) is 16.5. The number of hydrogen-bond donors (Lipinski definition) is 1. The lowest BCUT2D eigenvalue weighted by Gasteiger charge is -2.14. The number of nitrogens with one attached hydrogen (secondary N) is 1. The fourth-order valence-corrected chi connectivity index (χ4v) is 3.15. The molecule has 0 unspecified atom stereocenters. The molecule has 0 bridgehead atoms. The molecule has 3 rings (SSSR count). The van der Waals surface area contributed by atoms with Crippen LogP contribution in [-0.4, -0.2) is 26.5 Å². The van der Waals surface area contributed by atoms with Crippen molar-refractivity contribution in [3.63, 3.8) is 0 Å². The van der Waals surface area contributed by atoms with Crippen molar-refractivity contribution in [3.8, 4) is 5.82 Å². The molecule has 0 aliphatic rings. The van der Waals surface area contributed by atoms with Crippen LogP contribution in [0.25, 0.3) is 5.82 Å². The first-order valence-corrected chi connectivity index (χ1v) is 9.16. The summed E-state index contributed by atoms with van der Waals surface area (Å²) in [5, 5.41) is 8.47. The zero-order chi connectivity index (χ0) is 20.3. The van der Waals surface area contributed by atoms with Crippen molar-refractivity contribution >= 4 is 12.1 Å². The van der Waals surface area contributed by atoms with Crippen LogP contribution in [0.4, 0.5) is 4.39 Å². The van der Waals surface area contributed by atoms with Gasteiger partial charge >= 0.3 is 0 Å². The summed E-state index contributed by atoms with van der Waals surface area (Å²) in [6, 6.07) is 10.1. The molecule has 0 aliphatic heterocycles. The third kappa shape index (κ3) is 4.19. The van der Waals surface area contributed by atoms with E-state index in [0.29, 0.717) is 0 Å². The molecule has 0 atom stereocenters. The summed E-state index contributed by atoms with van der Waals surface area (Å²) in [7, 11) is 0. The Bertz CT molecular complexity index is 998. The van der Waals surface area contributed by atoms with Gasteiger partial charge in [0.2, 0.25) is 5.91 Å². The highest BCUT2D eigenvalue weighted by Crippen LogP contribution is 2.21. The minimum absolute atomic E-state index is 0.143. The Morgan fingerprint density at radius 3 is 2.64 bits per heavy atom. The van der Waals surface area contributed by atoms with Crippen LogP contribution in [0.5, 0.6) is 0 Å². The summed E-state index contributed by atoms with van der Waals surface area (Å²) >= 11 is 0. The highest BCUT2D eigenvalue weighted by Gasteiger charge is 2.14. The molecule has 7 heteroatoms. The van der Waals surface area contributed by atoms with E-state index >= 15 is 0 Å². The number of halogens is 1. The smallest absolute Gasteiger partial charge is 0.244 e. The Kier molecular flexibility index (Phi) is 5.73. The Morgan fingerprint density at radius 2 is 1.96 bits per heavy atom. The van der Waals surface area contributed by atoms with Gasteiger partial charge in [0.25, 0.3) is 0 Å². The second-order valence-electron chi connectivity index (χ2n) is 6.99. The Morgan fingerprint density at radius 1 is 1.25 bits per heavy atom. The molecule has 1 N–H and O–H groups in total. The van der Waals surface area contributed by atoms with Crippen molar-refractivity contribution in [2.24, 2.45) is 5.10 Å². The van der Waals surface area contributed by atoms with Crippen molar-refractivity contribution < 1.29 is 9.18 Å². The number of carbonyl (C=O) groups excluding carboxylic acids is 1. The summed E-state index contributed by atoms with van der Waals surface area (Å²) in [5.74, 6) is 0.413. The summed E-state index contributed by atoms with van der Waals surface area (Å²) < 4.78 is 17.0. The van der Waals surface area contributed by atoms with Gasteiger partial charge < -0.3 is 4.57 Å². The molecule has 2 aromatic heterocycles. The molecule has 1 aromatic carbocycles. The number of nitrogens with zero attached hydrogens (tertiary/aromatic N) is 4. The molecule has 28 heavy (non-hydrogen) atoms. The fourth-order valence-electron chi connectivity index (χ4n) is 3.15. The van der Waals surface area contributed by atoms with Crippen LogP contribution in [-0.2, 0) is 11.2 Å². The molecule has 2 heterocycles. The van der Waals surface area contributed by atoms with Crippen LogP contribution in [0.2, 0.25) is 0 Å². The second-order valence-corrected chi connectivity index (χ2v) is 6.99. The monoisotopic (exact) mass is 381 g/mol.